The molecule has 2 aromatic rings. The molecule has 0 saturated heterocycles. The van der Waals surface area contributed by atoms with Crippen molar-refractivity contribution < 1.29 is 0 Å². The van der Waals surface area contributed by atoms with Crippen molar-refractivity contribution in [1.82, 2.24) is 10.3 Å². The Morgan fingerprint density at radius 3 is 2.48 bits per heavy atom. The predicted octanol–water partition coefficient (Wildman–Crippen LogP) is 4.20. The molecule has 3 heteroatoms. The average Bonchev–Trinajstić information content (AvgIpc) is 2.93. The van der Waals surface area contributed by atoms with Gasteiger partial charge in [-0.2, -0.15) is 0 Å². The normalized spacial score (nSPS) is 13.3. The van der Waals surface area contributed by atoms with Gasteiger partial charge in [-0.3, -0.25) is 0 Å². The van der Waals surface area contributed by atoms with Crippen LogP contribution < -0.4 is 5.32 Å². The van der Waals surface area contributed by atoms with Crippen LogP contribution >= 0.6 is 11.3 Å². The highest BCUT2D eigenvalue weighted by Gasteiger charge is 2.18. The van der Waals surface area contributed by atoms with E-state index in [9.17, 15) is 0 Å². The molecule has 0 saturated carbocycles. The predicted molar refractivity (Wildman–Crippen MR) is 92.1 cm³/mol. The van der Waals surface area contributed by atoms with Crippen LogP contribution in [0.4, 0.5) is 0 Å². The highest BCUT2D eigenvalue weighted by Crippen LogP contribution is 2.24. The van der Waals surface area contributed by atoms with Crippen molar-refractivity contribution >= 4 is 11.3 Å². The molecule has 1 aromatic heterocycles. The van der Waals surface area contributed by atoms with Gasteiger partial charge in [-0.1, -0.05) is 51.1 Å². The van der Waals surface area contributed by atoms with E-state index < -0.39 is 0 Å². The zero-order valence-electron chi connectivity index (χ0n) is 13.5. The van der Waals surface area contributed by atoms with Gasteiger partial charge in [-0.05, 0) is 25.5 Å². The van der Waals surface area contributed by atoms with Crippen molar-refractivity contribution in [2.24, 2.45) is 0 Å². The topological polar surface area (TPSA) is 24.9 Å². The number of hydrogen-bond donors (Lipinski definition) is 1. The lowest BCUT2D eigenvalue weighted by molar-refractivity contribution is 0.515. The largest absolute Gasteiger partial charge is 0.317 e. The first-order chi connectivity index (χ1) is 9.99. The number of nitrogens with one attached hydrogen (secondary N) is 1. The second-order valence-electron chi connectivity index (χ2n) is 6.59. The molecule has 0 fully saturated rings. The Morgan fingerprint density at radius 1 is 1.19 bits per heavy atom. The molecule has 0 radical (unpaired) electrons. The molecule has 114 valence electrons. The molecular weight excluding hydrogens is 276 g/mol. The minimum absolute atomic E-state index is 0.147. The summed E-state index contributed by atoms with van der Waals surface area (Å²) >= 11 is 1.79. The third-order valence-corrected chi connectivity index (χ3v) is 4.64. The molecule has 0 bridgehead atoms. The smallest absolute Gasteiger partial charge is 0.0944 e. The van der Waals surface area contributed by atoms with E-state index in [-0.39, 0.29) is 5.41 Å². The van der Waals surface area contributed by atoms with Crippen LogP contribution in [0.15, 0.2) is 35.7 Å². The van der Waals surface area contributed by atoms with Crippen LogP contribution in [0.25, 0.3) is 0 Å². The highest BCUT2D eigenvalue weighted by molar-refractivity contribution is 7.09. The van der Waals surface area contributed by atoms with Gasteiger partial charge in [-0.15, -0.1) is 11.3 Å². The number of hydrogen-bond acceptors (Lipinski definition) is 3. The van der Waals surface area contributed by atoms with Crippen molar-refractivity contribution in [3.8, 4) is 0 Å². The summed E-state index contributed by atoms with van der Waals surface area (Å²) in [5, 5.41) is 6.89. The van der Waals surface area contributed by atoms with Crippen LogP contribution in [-0.2, 0) is 18.3 Å². The molecule has 0 spiro atoms. The minimum atomic E-state index is 0.147. The molecule has 21 heavy (non-hydrogen) atoms. The van der Waals surface area contributed by atoms with Crippen LogP contribution in [0.1, 0.15) is 43.5 Å². The molecule has 1 unspecified atom stereocenters. The fraction of sp³-hybridized carbons (Fsp3) is 0.500. The monoisotopic (exact) mass is 302 g/mol. The van der Waals surface area contributed by atoms with Gasteiger partial charge in [0.25, 0.3) is 0 Å². The maximum atomic E-state index is 4.80. The third-order valence-electron chi connectivity index (χ3n) is 3.77. The molecule has 1 N–H and O–H groups in total. The van der Waals surface area contributed by atoms with Gasteiger partial charge in [0.15, 0.2) is 0 Å². The Balaban J connectivity index is 1.91. The summed E-state index contributed by atoms with van der Waals surface area (Å²) in [6.45, 7) is 6.66. The molecule has 2 rings (SSSR count). The lowest BCUT2D eigenvalue weighted by Crippen LogP contribution is -2.28. The zero-order chi connectivity index (χ0) is 15.3. The standard InChI is InChI=1S/C18H26N2S/c1-18(2,3)16-13-21-17(20-16)12-15(19-4)11-10-14-8-6-5-7-9-14/h5-9,13,15,19H,10-12H2,1-4H3. The van der Waals surface area contributed by atoms with E-state index in [0.29, 0.717) is 6.04 Å². The van der Waals surface area contributed by atoms with Crippen LogP contribution in [0.2, 0.25) is 0 Å². The quantitative estimate of drug-likeness (QED) is 0.865. The molecular formula is C18H26N2S. The van der Waals surface area contributed by atoms with Gasteiger partial charge < -0.3 is 5.32 Å². The number of benzene rings is 1. The Kier molecular flexibility index (Phi) is 5.54. The van der Waals surface area contributed by atoms with Crippen molar-refractivity contribution in [2.75, 3.05) is 7.05 Å². The minimum Gasteiger partial charge on any atom is -0.317 e. The van der Waals surface area contributed by atoms with Gasteiger partial charge in [-0.25, -0.2) is 4.98 Å². The van der Waals surface area contributed by atoms with Crippen LogP contribution in [0, 0.1) is 0 Å². The Hall–Kier alpha value is -1.19. The van der Waals surface area contributed by atoms with Crippen LogP contribution in [-0.4, -0.2) is 18.1 Å². The first-order valence-electron chi connectivity index (χ1n) is 7.65. The average molecular weight is 302 g/mol. The first-order valence-corrected chi connectivity index (χ1v) is 8.53. The maximum absolute atomic E-state index is 4.80. The van der Waals surface area contributed by atoms with Crippen LogP contribution in [0.5, 0.6) is 0 Å². The maximum Gasteiger partial charge on any atom is 0.0944 e. The lowest BCUT2D eigenvalue weighted by Gasteiger charge is -2.16. The molecule has 1 heterocycles. The lowest BCUT2D eigenvalue weighted by atomic mass is 9.93. The molecule has 2 nitrogen and oxygen atoms in total. The third kappa shape index (κ3) is 4.94. The van der Waals surface area contributed by atoms with Crippen molar-refractivity contribution in [2.45, 2.75) is 51.5 Å². The Morgan fingerprint density at radius 2 is 1.90 bits per heavy atom. The number of thiazole rings is 1. The van der Waals surface area contributed by atoms with Crippen LogP contribution in [0.3, 0.4) is 0 Å². The molecule has 0 aliphatic heterocycles. The SMILES string of the molecule is CNC(CCc1ccccc1)Cc1nc(C(C)(C)C)cs1. The summed E-state index contributed by atoms with van der Waals surface area (Å²) in [5.74, 6) is 0. The van der Waals surface area contributed by atoms with E-state index in [2.05, 4.69) is 61.8 Å². The van der Waals surface area contributed by atoms with E-state index in [0.717, 1.165) is 19.3 Å². The van der Waals surface area contributed by atoms with Crippen molar-refractivity contribution in [3.63, 3.8) is 0 Å². The van der Waals surface area contributed by atoms with Crippen molar-refractivity contribution in [3.05, 3.63) is 52.0 Å². The van der Waals surface area contributed by atoms with E-state index in [1.807, 2.05) is 7.05 Å². The summed E-state index contributed by atoms with van der Waals surface area (Å²) < 4.78 is 0. The molecule has 0 aliphatic rings. The second-order valence-corrected chi connectivity index (χ2v) is 7.53. The zero-order valence-corrected chi connectivity index (χ0v) is 14.3. The number of likely N-dealkylation sites (N-methyl/N-ethyl adjacent to an activating group) is 1. The number of nitrogens with zero attached hydrogens (tertiary/aromatic N) is 1. The summed E-state index contributed by atoms with van der Waals surface area (Å²) in [4.78, 5) is 4.80. The van der Waals surface area contributed by atoms with Gasteiger partial charge in [0.2, 0.25) is 0 Å². The number of rotatable bonds is 6. The summed E-state index contributed by atoms with van der Waals surface area (Å²) in [5.41, 5.74) is 2.76. The molecule has 1 aromatic carbocycles. The Bertz CT molecular complexity index is 540. The Labute approximate surface area is 132 Å². The van der Waals surface area contributed by atoms with Gasteiger partial charge in [0, 0.05) is 23.3 Å². The van der Waals surface area contributed by atoms with Gasteiger partial charge in [0.1, 0.15) is 0 Å². The number of aryl methyl sites for hydroxylation is 1. The molecule has 1 atom stereocenters. The fourth-order valence-corrected chi connectivity index (χ4v) is 3.40. The second kappa shape index (κ2) is 7.19. The summed E-state index contributed by atoms with van der Waals surface area (Å²) in [7, 11) is 2.05. The van der Waals surface area contributed by atoms with Crippen molar-refractivity contribution in [1.29, 1.82) is 0 Å². The van der Waals surface area contributed by atoms with E-state index in [4.69, 9.17) is 4.98 Å². The van der Waals surface area contributed by atoms with E-state index >= 15 is 0 Å². The van der Waals surface area contributed by atoms with E-state index in [1.54, 1.807) is 11.3 Å². The highest BCUT2D eigenvalue weighted by atomic mass is 32.1. The molecule has 0 aliphatic carbocycles. The van der Waals surface area contributed by atoms with Gasteiger partial charge >= 0.3 is 0 Å². The first kappa shape index (κ1) is 16.2. The summed E-state index contributed by atoms with van der Waals surface area (Å²) in [6, 6.07) is 11.2. The number of aromatic nitrogens is 1. The summed E-state index contributed by atoms with van der Waals surface area (Å²) in [6.07, 6.45) is 3.28. The van der Waals surface area contributed by atoms with Gasteiger partial charge in [0.05, 0.1) is 10.7 Å². The fourth-order valence-electron chi connectivity index (χ4n) is 2.29. The van der Waals surface area contributed by atoms with E-state index in [1.165, 1.54) is 16.3 Å². The molecule has 0 amide bonds.